The first kappa shape index (κ1) is 12.0. The van der Waals surface area contributed by atoms with Crippen LogP contribution in [0.25, 0.3) is 0 Å². The molecule has 1 N–H and O–H groups in total. The van der Waals surface area contributed by atoms with Crippen LogP contribution in [0.4, 0.5) is 5.69 Å². The molecule has 0 aliphatic heterocycles. The van der Waals surface area contributed by atoms with E-state index in [4.69, 9.17) is 0 Å². The zero-order valence-electron chi connectivity index (χ0n) is 8.41. The van der Waals surface area contributed by atoms with Gasteiger partial charge in [0.1, 0.15) is 0 Å². The van der Waals surface area contributed by atoms with Gasteiger partial charge in [0.25, 0.3) is 0 Å². The molecule has 78 valence electrons. The molecule has 1 amide bonds. The van der Waals surface area contributed by atoms with Gasteiger partial charge in [-0.3, -0.25) is 4.79 Å². The number of nitrogens with one attached hydrogen (secondary N) is 1. The molecule has 2 nitrogen and oxygen atoms in total. The van der Waals surface area contributed by atoms with Gasteiger partial charge in [-0.2, -0.15) is 0 Å². The summed E-state index contributed by atoms with van der Waals surface area (Å²) in [5.41, 5.74) is 0.811. The Balaban J connectivity index is 2.55. The van der Waals surface area contributed by atoms with Crippen molar-refractivity contribution >= 4 is 34.2 Å². The highest BCUT2D eigenvalue weighted by Gasteiger charge is 1.95. The normalized spacial score (nSPS) is 11.1. The fraction of sp³-hybridized carbons (Fsp3) is 0.0833. The summed E-state index contributed by atoms with van der Waals surface area (Å²) in [6.07, 6.45) is 6.89. The fourth-order valence-electron chi connectivity index (χ4n) is 0.971. The molecule has 1 aromatic rings. The average molecular weight is 313 g/mol. The van der Waals surface area contributed by atoms with Crippen LogP contribution in [0.5, 0.6) is 0 Å². The molecule has 0 bridgehead atoms. The molecule has 0 fully saturated rings. The molecule has 1 rings (SSSR count). The largest absolute Gasteiger partial charge is 0.323 e. The van der Waals surface area contributed by atoms with Crippen molar-refractivity contribution < 1.29 is 4.79 Å². The highest BCUT2D eigenvalue weighted by atomic mass is 127. The Hall–Kier alpha value is -1.10. The van der Waals surface area contributed by atoms with Crippen molar-refractivity contribution in [2.24, 2.45) is 0 Å². The highest BCUT2D eigenvalue weighted by molar-refractivity contribution is 14.1. The van der Waals surface area contributed by atoms with Crippen LogP contribution < -0.4 is 5.32 Å². The van der Waals surface area contributed by atoms with Gasteiger partial charge < -0.3 is 5.32 Å². The van der Waals surface area contributed by atoms with E-state index in [-0.39, 0.29) is 5.91 Å². The number of amides is 1. The van der Waals surface area contributed by atoms with Crippen LogP contribution in [0, 0.1) is 3.57 Å². The third kappa shape index (κ3) is 4.78. The van der Waals surface area contributed by atoms with Gasteiger partial charge in [-0.25, -0.2) is 0 Å². The molecule has 1 aromatic carbocycles. The summed E-state index contributed by atoms with van der Waals surface area (Å²) in [7, 11) is 0. The lowest BCUT2D eigenvalue weighted by Gasteiger charge is -2.00. The van der Waals surface area contributed by atoms with Gasteiger partial charge in [0.2, 0.25) is 5.91 Å². The molecule has 0 heterocycles. The highest BCUT2D eigenvalue weighted by Crippen LogP contribution is 2.10. The molecule has 0 aliphatic rings. The fourth-order valence-corrected chi connectivity index (χ4v) is 1.33. The zero-order chi connectivity index (χ0) is 11.1. The Kier molecular flexibility index (Phi) is 5.10. The van der Waals surface area contributed by atoms with Crippen molar-refractivity contribution in [1.82, 2.24) is 0 Å². The van der Waals surface area contributed by atoms with Crippen molar-refractivity contribution in [3.8, 4) is 0 Å². The van der Waals surface area contributed by atoms with Crippen molar-refractivity contribution in [2.45, 2.75) is 6.92 Å². The Morgan fingerprint density at radius 1 is 1.27 bits per heavy atom. The molecule has 0 radical (unpaired) electrons. The lowest BCUT2D eigenvalue weighted by atomic mass is 10.3. The maximum atomic E-state index is 11.3. The molecule has 15 heavy (non-hydrogen) atoms. The van der Waals surface area contributed by atoms with Crippen molar-refractivity contribution in [3.05, 3.63) is 52.1 Å². The molecule has 3 heteroatoms. The van der Waals surface area contributed by atoms with Gasteiger partial charge in [0, 0.05) is 15.3 Å². The third-order valence-corrected chi connectivity index (χ3v) is 2.38. The summed E-state index contributed by atoms with van der Waals surface area (Å²) in [5.74, 6) is -0.116. The summed E-state index contributed by atoms with van der Waals surface area (Å²) in [5, 5.41) is 2.77. The van der Waals surface area contributed by atoms with Gasteiger partial charge in [-0.15, -0.1) is 0 Å². The van der Waals surface area contributed by atoms with E-state index in [1.165, 1.54) is 6.08 Å². The monoisotopic (exact) mass is 313 g/mol. The Morgan fingerprint density at radius 3 is 2.53 bits per heavy atom. The van der Waals surface area contributed by atoms with Crippen LogP contribution in [0.3, 0.4) is 0 Å². The van der Waals surface area contributed by atoms with Gasteiger partial charge in [-0.05, 0) is 53.8 Å². The van der Waals surface area contributed by atoms with E-state index in [2.05, 4.69) is 27.9 Å². The number of hydrogen-bond donors (Lipinski definition) is 1. The van der Waals surface area contributed by atoms with Crippen LogP contribution in [-0.2, 0) is 4.79 Å². The average Bonchev–Trinajstić information content (AvgIpc) is 2.22. The smallest absolute Gasteiger partial charge is 0.248 e. The van der Waals surface area contributed by atoms with Crippen LogP contribution in [0.15, 0.2) is 48.6 Å². The number of rotatable bonds is 3. The first-order valence-electron chi connectivity index (χ1n) is 4.58. The minimum atomic E-state index is -0.116. The second kappa shape index (κ2) is 6.40. The maximum Gasteiger partial charge on any atom is 0.248 e. The summed E-state index contributed by atoms with van der Waals surface area (Å²) < 4.78 is 1.15. The number of benzene rings is 1. The minimum absolute atomic E-state index is 0.116. The number of hydrogen-bond acceptors (Lipinski definition) is 1. The topological polar surface area (TPSA) is 29.1 Å². The van der Waals surface area contributed by atoms with Crippen LogP contribution in [0.1, 0.15) is 6.92 Å². The molecule has 0 spiro atoms. The minimum Gasteiger partial charge on any atom is -0.323 e. The van der Waals surface area contributed by atoms with E-state index in [1.54, 1.807) is 6.08 Å². The Bertz CT molecular complexity index is 379. The van der Waals surface area contributed by atoms with E-state index in [1.807, 2.05) is 43.3 Å². The van der Waals surface area contributed by atoms with Crippen molar-refractivity contribution in [3.63, 3.8) is 0 Å². The van der Waals surface area contributed by atoms with E-state index < -0.39 is 0 Å². The van der Waals surface area contributed by atoms with Crippen molar-refractivity contribution in [2.75, 3.05) is 5.32 Å². The summed E-state index contributed by atoms with van der Waals surface area (Å²) in [6.45, 7) is 1.90. The number of allylic oxidation sites excluding steroid dienone is 3. The molecule has 0 saturated carbocycles. The first-order chi connectivity index (χ1) is 7.22. The second-order valence-corrected chi connectivity index (χ2v) is 4.13. The van der Waals surface area contributed by atoms with E-state index in [0.29, 0.717) is 0 Å². The molecular weight excluding hydrogens is 301 g/mol. The number of carbonyl (C=O) groups is 1. The van der Waals surface area contributed by atoms with Gasteiger partial charge in [0.15, 0.2) is 0 Å². The molecule has 0 saturated heterocycles. The molecule has 0 unspecified atom stereocenters. The molecular formula is C12H12INO. The van der Waals surface area contributed by atoms with Crippen LogP contribution in [-0.4, -0.2) is 5.91 Å². The number of anilines is 1. The van der Waals surface area contributed by atoms with Crippen LogP contribution >= 0.6 is 22.6 Å². The number of carbonyl (C=O) groups excluding carboxylic acids is 1. The zero-order valence-corrected chi connectivity index (χ0v) is 10.6. The Morgan fingerprint density at radius 2 is 1.93 bits per heavy atom. The quantitative estimate of drug-likeness (QED) is 0.517. The van der Waals surface area contributed by atoms with Gasteiger partial charge in [0.05, 0.1) is 0 Å². The first-order valence-corrected chi connectivity index (χ1v) is 5.66. The second-order valence-electron chi connectivity index (χ2n) is 2.88. The predicted molar refractivity (Wildman–Crippen MR) is 71.7 cm³/mol. The van der Waals surface area contributed by atoms with Gasteiger partial charge >= 0.3 is 0 Å². The lowest BCUT2D eigenvalue weighted by Crippen LogP contribution is -2.07. The number of halogens is 1. The maximum absolute atomic E-state index is 11.3. The summed E-state index contributed by atoms with van der Waals surface area (Å²) in [6, 6.07) is 7.66. The van der Waals surface area contributed by atoms with E-state index in [9.17, 15) is 4.79 Å². The van der Waals surface area contributed by atoms with Gasteiger partial charge in [-0.1, -0.05) is 18.2 Å². The predicted octanol–water partition coefficient (Wildman–Crippen LogP) is 3.36. The molecule has 0 atom stereocenters. The SMILES string of the molecule is C/C=C/C=C\C(=O)Nc1ccc(I)cc1. The van der Waals surface area contributed by atoms with E-state index in [0.717, 1.165) is 9.26 Å². The van der Waals surface area contributed by atoms with Crippen LogP contribution in [0.2, 0.25) is 0 Å². The Labute approximate surface area is 103 Å². The van der Waals surface area contributed by atoms with Crippen molar-refractivity contribution in [1.29, 1.82) is 0 Å². The summed E-state index contributed by atoms with van der Waals surface area (Å²) >= 11 is 2.22. The lowest BCUT2D eigenvalue weighted by molar-refractivity contribution is -0.111. The summed E-state index contributed by atoms with van der Waals surface area (Å²) in [4.78, 5) is 11.3. The molecule has 0 aliphatic carbocycles. The third-order valence-electron chi connectivity index (χ3n) is 1.66. The standard InChI is InChI=1S/C12H12INO/c1-2-3-4-5-12(15)14-11-8-6-10(13)7-9-11/h2-9H,1H3,(H,14,15)/b3-2+,5-4-. The van der Waals surface area contributed by atoms with E-state index >= 15 is 0 Å². The molecule has 0 aromatic heterocycles.